The molecule has 2 N–H and O–H groups in total. The lowest BCUT2D eigenvalue weighted by Crippen LogP contribution is -2.47. The summed E-state index contributed by atoms with van der Waals surface area (Å²) in [7, 11) is 1.84. The summed E-state index contributed by atoms with van der Waals surface area (Å²) < 4.78 is 5.48. The van der Waals surface area contributed by atoms with Crippen molar-refractivity contribution in [2.45, 2.75) is 56.7 Å². The Hall–Kier alpha value is -0.120. The molecule has 3 atom stereocenters. The van der Waals surface area contributed by atoms with E-state index in [1.807, 2.05) is 7.11 Å². The van der Waals surface area contributed by atoms with E-state index in [1.165, 1.54) is 45.1 Å². The van der Waals surface area contributed by atoms with E-state index in [9.17, 15) is 0 Å². The van der Waals surface area contributed by atoms with E-state index in [0.29, 0.717) is 18.2 Å². The molecule has 3 unspecified atom stereocenters. The molecule has 3 heteroatoms. The highest BCUT2D eigenvalue weighted by atomic mass is 16.5. The van der Waals surface area contributed by atoms with Crippen LogP contribution in [-0.2, 0) is 4.74 Å². The van der Waals surface area contributed by atoms with Gasteiger partial charge in [-0.2, -0.15) is 0 Å². The number of hydrogen-bond donors (Lipinski definition) is 2. The third kappa shape index (κ3) is 3.16. The molecule has 1 saturated carbocycles. The van der Waals surface area contributed by atoms with Crippen molar-refractivity contribution in [3.8, 4) is 0 Å². The van der Waals surface area contributed by atoms with Crippen molar-refractivity contribution in [3.63, 3.8) is 0 Å². The molecule has 2 fully saturated rings. The average Bonchev–Trinajstić information content (AvgIpc) is 2.75. The minimum Gasteiger partial charge on any atom is -0.380 e. The number of nitrogens with one attached hydrogen (secondary N) is 2. The summed E-state index contributed by atoms with van der Waals surface area (Å²) >= 11 is 0. The summed E-state index contributed by atoms with van der Waals surface area (Å²) in [5, 5.41) is 7.24. The van der Waals surface area contributed by atoms with E-state index in [0.717, 1.165) is 6.54 Å². The summed E-state index contributed by atoms with van der Waals surface area (Å²) in [6.45, 7) is 2.31. The van der Waals surface area contributed by atoms with Crippen LogP contribution in [0, 0.1) is 0 Å². The fraction of sp³-hybridized carbons (Fsp3) is 1.00. The van der Waals surface area contributed by atoms with E-state index in [4.69, 9.17) is 4.74 Å². The van der Waals surface area contributed by atoms with E-state index in [-0.39, 0.29) is 0 Å². The largest absolute Gasteiger partial charge is 0.380 e. The highest BCUT2D eigenvalue weighted by molar-refractivity contribution is 4.86. The van der Waals surface area contributed by atoms with Gasteiger partial charge in [0.25, 0.3) is 0 Å². The van der Waals surface area contributed by atoms with Gasteiger partial charge in [0, 0.05) is 25.7 Å². The van der Waals surface area contributed by atoms with E-state index >= 15 is 0 Å². The summed E-state index contributed by atoms with van der Waals surface area (Å²) in [6, 6.07) is 1.29. The van der Waals surface area contributed by atoms with Crippen LogP contribution in [0.4, 0.5) is 0 Å². The molecular formula is C12H24N2O. The van der Waals surface area contributed by atoms with Crippen LogP contribution in [-0.4, -0.2) is 38.4 Å². The van der Waals surface area contributed by atoms with Gasteiger partial charge in [0.05, 0.1) is 6.10 Å². The first kappa shape index (κ1) is 11.4. The lowest BCUT2D eigenvalue weighted by Gasteiger charge is -2.27. The minimum atomic E-state index is 0.452. The SMILES string of the molecule is COC1CCCC1NCC1CCCCN1. The van der Waals surface area contributed by atoms with Gasteiger partial charge in [-0.15, -0.1) is 0 Å². The van der Waals surface area contributed by atoms with Crippen LogP contribution in [0.3, 0.4) is 0 Å². The Kier molecular flexibility index (Phi) is 4.42. The van der Waals surface area contributed by atoms with Crippen LogP contribution in [0.2, 0.25) is 0 Å². The maximum absolute atomic E-state index is 5.48. The Bertz CT molecular complexity index is 180. The first-order valence-corrected chi connectivity index (χ1v) is 6.39. The van der Waals surface area contributed by atoms with Gasteiger partial charge in [-0.3, -0.25) is 0 Å². The highest BCUT2D eigenvalue weighted by Gasteiger charge is 2.27. The van der Waals surface area contributed by atoms with E-state index in [2.05, 4.69) is 10.6 Å². The molecule has 0 amide bonds. The number of hydrogen-bond acceptors (Lipinski definition) is 3. The van der Waals surface area contributed by atoms with Crippen LogP contribution in [0.5, 0.6) is 0 Å². The van der Waals surface area contributed by atoms with Gasteiger partial charge in [-0.25, -0.2) is 0 Å². The second-order valence-electron chi connectivity index (χ2n) is 4.87. The van der Waals surface area contributed by atoms with Gasteiger partial charge < -0.3 is 15.4 Å². The molecule has 2 rings (SSSR count). The highest BCUT2D eigenvalue weighted by Crippen LogP contribution is 2.21. The molecule has 0 aromatic rings. The molecule has 88 valence electrons. The van der Waals surface area contributed by atoms with Crippen molar-refractivity contribution in [2.75, 3.05) is 20.2 Å². The molecule has 0 radical (unpaired) electrons. The summed E-state index contributed by atoms with van der Waals surface area (Å²) in [5.41, 5.74) is 0. The van der Waals surface area contributed by atoms with Gasteiger partial charge in [-0.1, -0.05) is 6.42 Å². The topological polar surface area (TPSA) is 33.3 Å². The predicted molar refractivity (Wildman–Crippen MR) is 62.1 cm³/mol. The lowest BCUT2D eigenvalue weighted by molar-refractivity contribution is 0.0840. The van der Waals surface area contributed by atoms with E-state index < -0.39 is 0 Å². The molecule has 1 saturated heterocycles. The quantitative estimate of drug-likeness (QED) is 0.736. The van der Waals surface area contributed by atoms with Crippen LogP contribution < -0.4 is 10.6 Å². The zero-order valence-electron chi connectivity index (χ0n) is 9.80. The normalized spacial score (nSPS) is 37.0. The first-order chi connectivity index (χ1) is 7.40. The van der Waals surface area contributed by atoms with Crippen molar-refractivity contribution in [3.05, 3.63) is 0 Å². The smallest absolute Gasteiger partial charge is 0.0724 e. The molecule has 0 spiro atoms. The summed E-state index contributed by atoms with van der Waals surface area (Å²) in [4.78, 5) is 0. The average molecular weight is 212 g/mol. The fourth-order valence-electron chi connectivity index (χ4n) is 2.83. The molecular weight excluding hydrogens is 188 g/mol. The molecule has 1 heterocycles. The van der Waals surface area contributed by atoms with Crippen molar-refractivity contribution in [2.24, 2.45) is 0 Å². The number of rotatable bonds is 4. The van der Waals surface area contributed by atoms with Crippen molar-refractivity contribution >= 4 is 0 Å². The first-order valence-electron chi connectivity index (χ1n) is 6.39. The van der Waals surface area contributed by atoms with Crippen molar-refractivity contribution in [1.29, 1.82) is 0 Å². The third-order valence-electron chi connectivity index (χ3n) is 3.79. The monoisotopic (exact) mass is 212 g/mol. The zero-order valence-corrected chi connectivity index (χ0v) is 9.80. The molecule has 15 heavy (non-hydrogen) atoms. The van der Waals surface area contributed by atoms with Crippen molar-refractivity contribution < 1.29 is 4.74 Å². The van der Waals surface area contributed by atoms with Gasteiger partial charge in [0.1, 0.15) is 0 Å². The molecule has 0 aromatic carbocycles. The van der Waals surface area contributed by atoms with Gasteiger partial charge in [0.2, 0.25) is 0 Å². The van der Waals surface area contributed by atoms with E-state index in [1.54, 1.807) is 0 Å². The summed E-state index contributed by atoms with van der Waals surface area (Å²) in [5.74, 6) is 0. The summed E-state index contributed by atoms with van der Waals surface area (Å²) in [6.07, 6.45) is 8.34. The Labute approximate surface area is 93.0 Å². The Balaban J connectivity index is 1.67. The number of ether oxygens (including phenoxy) is 1. The van der Waals surface area contributed by atoms with Crippen molar-refractivity contribution in [1.82, 2.24) is 10.6 Å². The standard InChI is InChI=1S/C12H24N2O/c1-15-12-7-4-6-11(12)14-9-10-5-2-3-8-13-10/h10-14H,2-9H2,1H3. The second-order valence-corrected chi connectivity index (χ2v) is 4.87. The maximum atomic E-state index is 5.48. The Morgan fingerprint density at radius 2 is 2.13 bits per heavy atom. The minimum absolute atomic E-state index is 0.452. The molecule has 3 nitrogen and oxygen atoms in total. The lowest BCUT2D eigenvalue weighted by atomic mass is 10.0. The maximum Gasteiger partial charge on any atom is 0.0724 e. The zero-order chi connectivity index (χ0) is 10.5. The Morgan fingerprint density at radius 3 is 2.87 bits per heavy atom. The molecule has 0 bridgehead atoms. The van der Waals surface area contributed by atoms with Gasteiger partial charge in [-0.05, 0) is 38.6 Å². The van der Waals surface area contributed by atoms with Crippen LogP contribution in [0.15, 0.2) is 0 Å². The third-order valence-corrected chi connectivity index (χ3v) is 3.79. The van der Waals surface area contributed by atoms with Gasteiger partial charge >= 0.3 is 0 Å². The number of piperidine rings is 1. The molecule has 0 aromatic heterocycles. The second kappa shape index (κ2) is 5.83. The molecule has 1 aliphatic carbocycles. The van der Waals surface area contributed by atoms with Gasteiger partial charge in [0.15, 0.2) is 0 Å². The number of methoxy groups -OCH3 is 1. The van der Waals surface area contributed by atoms with Crippen LogP contribution in [0.25, 0.3) is 0 Å². The molecule has 1 aliphatic heterocycles. The van der Waals surface area contributed by atoms with Crippen LogP contribution >= 0.6 is 0 Å². The predicted octanol–water partition coefficient (Wildman–Crippen LogP) is 1.29. The molecule has 2 aliphatic rings. The fourth-order valence-corrected chi connectivity index (χ4v) is 2.83. The van der Waals surface area contributed by atoms with Crippen LogP contribution in [0.1, 0.15) is 38.5 Å². The Morgan fingerprint density at radius 1 is 1.20 bits per heavy atom.